The van der Waals surface area contributed by atoms with Crippen LogP contribution in [-0.2, 0) is 16.0 Å². The Hall–Kier alpha value is -1.48. The fraction of sp³-hybridized carbons (Fsp3) is 0.214. The number of aromatic nitrogens is 1. The molecule has 2 aromatic rings. The highest BCUT2D eigenvalue weighted by atomic mass is 127. The van der Waals surface area contributed by atoms with Crippen LogP contribution in [0.1, 0.15) is 21.6 Å². The van der Waals surface area contributed by atoms with Crippen molar-refractivity contribution in [3.63, 3.8) is 0 Å². The van der Waals surface area contributed by atoms with Gasteiger partial charge in [0, 0.05) is 14.5 Å². The van der Waals surface area contributed by atoms with Crippen LogP contribution in [0.25, 0.3) is 0 Å². The normalized spacial score (nSPS) is 10.2. The Morgan fingerprint density at radius 1 is 1.43 bits per heavy atom. The Kier molecular flexibility index (Phi) is 5.29. The summed E-state index contributed by atoms with van der Waals surface area (Å²) in [4.78, 5) is 27.5. The summed E-state index contributed by atoms with van der Waals surface area (Å²) in [6, 6.07) is 5.50. The lowest BCUT2D eigenvalue weighted by molar-refractivity contribution is -0.139. The van der Waals surface area contributed by atoms with Crippen LogP contribution in [0, 0.1) is 10.5 Å². The summed E-state index contributed by atoms with van der Waals surface area (Å²) < 4.78 is 5.69. The molecule has 0 radical (unpaired) electrons. The van der Waals surface area contributed by atoms with Gasteiger partial charge >= 0.3 is 5.97 Å². The van der Waals surface area contributed by atoms with E-state index in [4.69, 9.17) is 0 Å². The molecular formula is C14H13IN2O3S. The molecule has 0 saturated carbocycles. The number of anilines is 1. The molecule has 0 unspecified atom stereocenters. The molecule has 0 atom stereocenters. The fourth-order valence-corrected chi connectivity index (χ4v) is 2.66. The first-order valence-electron chi connectivity index (χ1n) is 6.08. The van der Waals surface area contributed by atoms with Crippen molar-refractivity contribution in [2.24, 2.45) is 0 Å². The summed E-state index contributed by atoms with van der Waals surface area (Å²) in [6.45, 7) is 1.95. The highest BCUT2D eigenvalue weighted by molar-refractivity contribution is 14.1. The largest absolute Gasteiger partial charge is 0.469 e. The molecule has 0 fully saturated rings. The second kappa shape index (κ2) is 6.99. The van der Waals surface area contributed by atoms with Crippen molar-refractivity contribution in [2.75, 3.05) is 12.4 Å². The lowest BCUT2D eigenvalue weighted by atomic mass is 10.1. The average Bonchev–Trinajstić information content (AvgIpc) is 2.88. The number of carbonyl (C=O) groups is 2. The maximum Gasteiger partial charge on any atom is 0.311 e. The number of methoxy groups -OCH3 is 1. The Morgan fingerprint density at radius 2 is 2.19 bits per heavy atom. The first-order chi connectivity index (χ1) is 9.99. The molecule has 0 saturated heterocycles. The monoisotopic (exact) mass is 416 g/mol. The van der Waals surface area contributed by atoms with E-state index < -0.39 is 0 Å². The van der Waals surface area contributed by atoms with Crippen LogP contribution in [0.15, 0.2) is 23.6 Å². The number of ether oxygens (including phenoxy) is 1. The number of amides is 1. The zero-order valence-electron chi connectivity index (χ0n) is 11.5. The number of nitrogens with zero attached hydrogens (tertiary/aromatic N) is 1. The van der Waals surface area contributed by atoms with E-state index in [-0.39, 0.29) is 18.3 Å². The van der Waals surface area contributed by atoms with Gasteiger partial charge in [0.2, 0.25) is 0 Å². The van der Waals surface area contributed by atoms with Gasteiger partial charge in [-0.3, -0.25) is 14.9 Å². The summed E-state index contributed by atoms with van der Waals surface area (Å²) in [5, 5.41) is 4.93. The Labute approximate surface area is 139 Å². The van der Waals surface area contributed by atoms with Crippen LogP contribution < -0.4 is 5.32 Å². The molecule has 7 heteroatoms. The highest BCUT2D eigenvalue weighted by Crippen LogP contribution is 2.18. The van der Waals surface area contributed by atoms with Crippen molar-refractivity contribution in [3.05, 3.63) is 44.0 Å². The second-order valence-corrected chi connectivity index (χ2v) is 6.34. The van der Waals surface area contributed by atoms with Crippen molar-refractivity contribution in [1.29, 1.82) is 0 Å². The van der Waals surface area contributed by atoms with Gasteiger partial charge in [-0.1, -0.05) is 0 Å². The quantitative estimate of drug-likeness (QED) is 0.615. The lowest BCUT2D eigenvalue weighted by Gasteiger charge is -2.04. The van der Waals surface area contributed by atoms with Crippen molar-refractivity contribution < 1.29 is 14.3 Å². The average molecular weight is 416 g/mol. The summed E-state index contributed by atoms with van der Waals surface area (Å²) in [7, 11) is 1.33. The zero-order chi connectivity index (χ0) is 15.4. The number of thiazole rings is 1. The molecule has 0 aliphatic heterocycles. The predicted octanol–water partition coefficient (Wildman–Crippen LogP) is 3.02. The van der Waals surface area contributed by atoms with E-state index >= 15 is 0 Å². The number of esters is 1. The van der Waals surface area contributed by atoms with Crippen LogP contribution in [-0.4, -0.2) is 24.0 Å². The molecule has 1 amide bonds. The molecule has 21 heavy (non-hydrogen) atoms. The van der Waals surface area contributed by atoms with Gasteiger partial charge in [0.1, 0.15) is 0 Å². The standard InChI is InChI=1S/C14H13IN2O3S/c1-8-5-9(3-4-11(8)15)13(19)17-14-16-10(7-21-14)6-12(18)20-2/h3-5,7H,6H2,1-2H3,(H,16,17,19). The Balaban J connectivity index is 2.05. The number of hydrogen-bond donors (Lipinski definition) is 1. The third kappa shape index (κ3) is 4.24. The SMILES string of the molecule is COC(=O)Cc1csc(NC(=O)c2ccc(I)c(C)c2)n1. The summed E-state index contributed by atoms with van der Waals surface area (Å²) in [5.41, 5.74) is 2.22. The highest BCUT2D eigenvalue weighted by Gasteiger charge is 2.12. The van der Waals surface area contributed by atoms with E-state index in [9.17, 15) is 9.59 Å². The molecule has 0 spiro atoms. The smallest absolute Gasteiger partial charge is 0.311 e. The Morgan fingerprint density at radius 3 is 2.86 bits per heavy atom. The maximum absolute atomic E-state index is 12.1. The molecule has 1 heterocycles. The van der Waals surface area contributed by atoms with E-state index in [1.807, 2.05) is 19.1 Å². The molecule has 5 nitrogen and oxygen atoms in total. The van der Waals surface area contributed by atoms with Gasteiger partial charge in [-0.15, -0.1) is 11.3 Å². The van der Waals surface area contributed by atoms with Crippen molar-refractivity contribution in [2.45, 2.75) is 13.3 Å². The topological polar surface area (TPSA) is 68.3 Å². The number of halogens is 1. The summed E-state index contributed by atoms with van der Waals surface area (Å²) in [6.07, 6.45) is 0.103. The molecule has 1 aromatic carbocycles. The molecule has 110 valence electrons. The first-order valence-corrected chi connectivity index (χ1v) is 8.04. The number of hydrogen-bond acceptors (Lipinski definition) is 5. The van der Waals surface area contributed by atoms with Crippen LogP contribution in [0.2, 0.25) is 0 Å². The number of nitrogens with one attached hydrogen (secondary N) is 1. The van der Waals surface area contributed by atoms with E-state index in [0.29, 0.717) is 16.4 Å². The van der Waals surface area contributed by atoms with Gasteiger partial charge in [0.25, 0.3) is 5.91 Å². The third-order valence-corrected chi connectivity index (χ3v) is 4.76. The van der Waals surface area contributed by atoms with Crippen LogP contribution in [0.3, 0.4) is 0 Å². The molecule has 1 N–H and O–H groups in total. The van der Waals surface area contributed by atoms with Crippen molar-refractivity contribution in [1.82, 2.24) is 4.98 Å². The van der Waals surface area contributed by atoms with E-state index in [0.717, 1.165) is 9.13 Å². The van der Waals surface area contributed by atoms with E-state index in [1.165, 1.54) is 18.4 Å². The van der Waals surface area contributed by atoms with Gasteiger partial charge in [-0.25, -0.2) is 4.98 Å². The summed E-state index contributed by atoms with van der Waals surface area (Å²) in [5.74, 6) is -0.570. The van der Waals surface area contributed by atoms with Crippen molar-refractivity contribution >= 4 is 50.9 Å². The minimum atomic E-state index is -0.355. The van der Waals surface area contributed by atoms with Crippen LogP contribution >= 0.6 is 33.9 Å². The number of rotatable bonds is 4. The molecule has 2 rings (SSSR count). The van der Waals surface area contributed by atoms with E-state index in [2.05, 4.69) is 37.6 Å². The van der Waals surface area contributed by atoms with Gasteiger partial charge in [-0.2, -0.15) is 0 Å². The van der Waals surface area contributed by atoms with Crippen molar-refractivity contribution in [3.8, 4) is 0 Å². The van der Waals surface area contributed by atoms with E-state index in [1.54, 1.807) is 11.4 Å². The van der Waals surface area contributed by atoms with Gasteiger partial charge in [0.15, 0.2) is 5.13 Å². The lowest BCUT2D eigenvalue weighted by Crippen LogP contribution is -2.12. The number of aryl methyl sites for hydroxylation is 1. The number of carbonyl (C=O) groups excluding carboxylic acids is 2. The molecular weight excluding hydrogens is 403 g/mol. The molecule has 0 aliphatic carbocycles. The third-order valence-electron chi connectivity index (χ3n) is 2.75. The Bertz CT molecular complexity index is 685. The molecule has 1 aromatic heterocycles. The maximum atomic E-state index is 12.1. The predicted molar refractivity (Wildman–Crippen MR) is 89.7 cm³/mol. The van der Waals surface area contributed by atoms with Gasteiger partial charge in [-0.05, 0) is 53.3 Å². The number of benzene rings is 1. The fourth-order valence-electron chi connectivity index (χ4n) is 1.62. The first kappa shape index (κ1) is 15.9. The van der Waals surface area contributed by atoms with Crippen LogP contribution in [0.4, 0.5) is 5.13 Å². The van der Waals surface area contributed by atoms with Crippen LogP contribution in [0.5, 0.6) is 0 Å². The molecule has 0 bridgehead atoms. The zero-order valence-corrected chi connectivity index (χ0v) is 14.4. The summed E-state index contributed by atoms with van der Waals surface area (Å²) >= 11 is 3.50. The minimum Gasteiger partial charge on any atom is -0.469 e. The van der Waals surface area contributed by atoms with Gasteiger partial charge < -0.3 is 4.74 Å². The molecule has 0 aliphatic rings. The minimum absolute atomic E-state index is 0.103. The second-order valence-electron chi connectivity index (χ2n) is 4.31. The van der Waals surface area contributed by atoms with Gasteiger partial charge in [0.05, 0.1) is 19.2 Å².